The molecule has 0 fully saturated rings. The van der Waals surface area contributed by atoms with Crippen LogP contribution >= 0.6 is 0 Å². The fraction of sp³-hybridized carbons (Fsp3) is 0.391. The van der Waals surface area contributed by atoms with Gasteiger partial charge in [-0.3, -0.25) is 4.79 Å². The molecule has 0 bridgehead atoms. The molecule has 0 aliphatic carbocycles. The smallest absolute Gasteiger partial charge is 0.248 e. The average molecular weight is 398 g/mol. The summed E-state index contributed by atoms with van der Waals surface area (Å²) in [7, 11) is 1.59. The number of benzene rings is 1. The molecule has 2 rings (SSSR count). The van der Waals surface area contributed by atoms with Gasteiger partial charge in [0.2, 0.25) is 5.91 Å². The number of hydrogen-bond donors (Lipinski definition) is 1. The molecule has 0 aliphatic rings. The maximum atomic E-state index is 12.2. The Kier molecular flexibility index (Phi) is 9.02. The van der Waals surface area contributed by atoms with Crippen molar-refractivity contribution >= 4 is 23.5 Å². The third-order valence-electron chi connectivity index (χ3n) is 4.24. The van der Waals surface area contributed by atoms with Gasteiger partial charge in [-0.25, -0.2) is 4.98 Å². The lowest BCUT2D eigenvalue weighted by atomic mass is 10.2. The first kappa shape index (κ1) is 22.3. The zero-order valence-electron chi connectivity index (χ0n) is 17.8. The van der Waals surface area contributed by atoms with Crippen LogP contribution in [0.1, 0.15) is 39.2 Å². The molecule has 2 aromatic rings. The second kappa shape index (κ2) is 11.7. The normalized spacial score (nSPS) is 10.8. The van der Waals surface area contributed by atoms with Gasteiger partial charge in [-0.1, -0.05) is 19.9 Å². The summed E-state index contributed by atoms with van der Waals surface area (Å²) in [4.78, 5) is 19.0. The Morgan fingerprint density at radius 3 is 2.45 bits per heavy atom. The molecule has 0 radical (unpaired) electrons. The number of hydrogen-bond acceptors (Lipinski definition) is 5. The zero-order chi connectivity index (χ0) is 21.1. The lowest BCUT2D eigenvalue weighted by Gasteiger charge is -2.22. The van der Waals surface area contributed by atoms with Crippen LogP contribution in [0.25, 0.3) is 6.08 Å². The Labute approximate surface area is 173 Å². The van der Waals surface area contributed by atoms with Crippen molar-refractivity contribution in [3.05, 3.63) is 48.2 Å². The highest BCUT2D eigenvalue weighted by Gasteiger charge is 2.07. The highest BCUT2D eigenvalue weighted by Crippen LogP contribution is 2.28. The standard InChI is InChI=1S/C23H31N3O3/c1-5-14-26(15-6-2)22-12-10-19(17-24-22)25-23(27)13-9-18-8-11-20(29-7-3)21(16-18)28-4/h8-13,16-17H,5-7,14-15H2,1-4H3,(H,25,27)/b13-9+. The van der Waals surface area contributed by atoms with Gasteiger partial charge in [-0.15, -0.1) is 0 Å². The third-order valence-corrected chi connectivity index (χ3v) is 4.24. The number of pyridine rings is 1. The van der Waals surface area contributed by atoms with Crippen molar-refractivity contribution in [1.82, 2.24) is 4.98 Å². The first-order valence-corrected chi connectivity index (χ1v) is 10.1. The van der Waals surface area contributed by atoms with Crippen LogP contribution in [0.3, 0.4) is 0 Å². The minimum Gasteiger partial charge on any atom is -0.493 e. The van der Waals surface area contributed by atoms with E-state index in [0.717, 1.165) is 37.3 Å². The van der Waals surface area contributed by atoms with Crippen LogP contribution < -0.4 is 19.7 Å². The van der Waals surface area contributed by atoms with E-state index >= 15 is 0 Å². The van der Waals surface area contributed by atoms with E-state index in [1.807, 2.05) is 37.3 Å². The summed E-state index contributed by atoms with van der Waals surface area (Å²) in [5.41, 5.74) is 1.52. The predicted octanol–water partition coefficient (Wildman–Crippen LogP) is 4.77. The zero-order valence-corrected chi connectivity index (χ0v) is 17.8. The van der Waals surface area contributed by atoms with Crippen LogP contribution in [0.4, 0.5) is 11.5 Å². The molecule has 1 heterocycles. The van der Waals surface area contributed by atoms with Gasteiger partial charge in [0.05, 0.1) is 25.6 Å². The van der Waals surface area contributed by atoms with Crippen molar-refractivity contribution in [2.75, 3.05) is 37.0 Å². The SMILES string of the molecule is CCCN(CCC)c1ccc(NC(=O)/C=C/c2ccc(OCC)c(OC)c2)cn1. The summed E-state index contributed by atoms with van der Waals surface area (Å²) < 4.78 is 10.8. The number of nitrogens with zero attached hydrogens (tertiary/aromatic N) is 2. The lowest BCUT2D eigenvalue weighted by molar-refractivity contribution is -0.111. The van der Waals surface area contributed by atoms with Crippen molar-refractivity contribution in [2.24, 2.45) is 0 Å². The Hall–Kier alpha value is -3.02. The number of nitrogens with one attached hydrogen (secondary N) is 1. The van der Waals surface area contributed by atoms with Crippen LogP contribution in [-0.2, 0) is 4.79 Å². The Bertz CT molecular complexity index is 798. The number of anilines is 2. The molecule has 0 atom stereocenters. The van der Waals surface area contributed by atoms with Gasteiger partial charge in [0.1, 0.15) is 5.82 Å². The molecule has 0 unspecified atom stereocenters. The fourth-order valence-corrected chi connectivity index (χ4v) is 2.95. The molecule has 1 aromatic heterocycles. The monoisotopic (exact) mass is 397 g/mol. The highest BCUT2D eigenvalue weighted by atomic mass is 16.5. The Morgan fingerprint density at radius 1 is 1.10 bits per heavy atom. The van der Waals surface area contributed by atoms with Crippen LogP contribution in [0.15, 0.2) is 42.6 Å². The van der Waals surface area contributed by atoms with Crippen LogP contribution in [0.2, 0.25) is 0 Å². The molecule has 6 heteroatoms. The number of carbonyl (C=O) groups is 1. The van der Waals surface area contributed by atoms with Crippen molar-refractivity contribution in [3.63, 3.8) is 0 Å². The number of rotatable bonds is 11. The quantitative estimate of drug-likeness (QED) is 0.554. The summed E-state index contributed by atoms with van der Waals surface area (Å²) in [5.74, 6) is 2.04. The first-order valence-electron chi connectivity index (χ1n) is 10.1. The summed E-state index contributed by atoms with van der Waals surface area (Å²) in [6.45, 7) is 8.74. The number of amides is 1. The highest BCUT2D eigenvalue weighted by molar-refractivity contribution is 6.01. The van der Waals surface area contributed by atoms with E-state index < -0.39 is 0 Å². The molecule has 1 aromatic carbocycles. The van der Waals surface area contributed by atoms with Crippen molar-refractivity contribution in [1.29, 1.82) is 0 Å². The van der Waals surface area contributed by atoms with Gasteiger partial charge < -0.3 is 19.7 Å². The summed E-state index contributed by atoms with van der Waals surface area (Å²) in [6, 6.07) is 9.38. The maximum absolute atomic E-state index is 12.2. The van der Waals surface area contributed by atoms with Gasteiger partial charge >= 0.3 is 0 Å². The Morgan fingerprint density at radius 2 is 1.86 bits per heavy atom. The molecule has 1 N–H and O–H groups in total. The van der Waals surface area contributed by atoms with Gasteiger partial charge in [0.25, 0.3) is 0 Å². The van der Waals surface area contributed by atoms with Gasteiger partial charge in [-0.2, -0.15) is 0 Å². The van der Waals surface area contributed by atoms with Crippen LogP contribution in [0.5, 0.6) is 11.5 Å². The van der Waals surface area contributed by atoms with Crippen molar-refractivity contribution < 1.29 is 14.3 Å². The maximum Gasteiger partial charge on any atom is 0.248 e. The Balaban J connectivity index is 1.99. The minimum atomic E-state index is -0.216. The second-order valence-corrected chi connectivity index (χ2v) is 6.56. The van der Waals surface area contributed by atoms with Gasteiger partial charge in [0.15, 0.2) is 11.5 Å². The van der Waals surface area contributed by atoms with Gasteiger partial charge in [0, 0.05) is 19.2 Å². The molecule has 6 nitrogen and oxygen atoms in total. The number of carbonyl (C=O) groups excluding carboxylic acids is 1. The second-order valence-electron chi connectivity index (χ2n) is 6.56. The molecule has 0 aliphatic heterocycles. The van der Waals surface area contributed by atoms with Gasteiger partial charge in [-0.05, 0) is 55.7 Å². The molecule has 0 spiro atoms. The molecular weight excluding hydrogens is 366 g/mol. The number of aromatic nitrogens is 1. The van der Waals surface area contributed by atoms with Crippen molar-refractivity contribution in [3.8, 4) is 11.5 Å². The van der Waals surface area contributed by atoms with Crippen molar-refractivity contribution in [2.45, 2.75) is 33.6 Å². The summed E-state index contributed by atoms with van der Waals surface area (Å²) in [6.07, 6.45) is 7.06. The predicted molar refractivity (Wildman–Crippen MR) is 119 cm³/mol. The molecule has 156 valence electrons. The molecule has 0 saturated carbocycles. The molecule has 1 amide bonds. The van der Waals surface area contributed by atoms with E-state index in [1.165, 1.54) is 6.08 Å². The third kappa shape index (κ3) is 6.82. The molecule has 0 saturated heterocycles. The molecule has 29 heavy (non-hydrogen) atoms. The fourth-order valence-electron chi connectivity index (χ4n) is 2.95. The van der Waals surface area contributed by atoms with Crippen LogP contribution in [0, 0.1) is 0 Å². The number of methoxy groups -OCH3 is 1. The summed E-state index contributed by atoms with van der Waals surface area (Å²) >= 11 is 0. The van der Waals surface area contributed by atoms with E-state index in [-0.39, 0.29) is 5.91 Å². The van der Waals surface area contributed by atoms with E-state index in [9.17, 15) is 4.79 Å². The lowest BCUT2D eigenvalue weighted by Crippen LogP contribution is -2.25. The topological polar surface area (TPSA) is 63.7 Å². The largest absolute Gasteiger partial charge is 0.493 e. The van der Waals surface area contributed by atoms with E-state index in [1.54, 1.807) is 19.4 Å². The average Bonchev–Trinajstić information content (AvgIpc) is 2.73. The number of ether oxygens (including phenoxy) is 2. The first-order chi connectivity index (χ1) is 14.1. The molecular formula is C23H31N3O3. The minimum absolute atomic E-state index is 0.216. The van der Waals surface area contributed by atoms with E-state index in [4.69, 9.17) is 9.47 Å². The summed E-state index contributed by atoms with van der Waals surface area (Å²) in [5, 5.41) is 2.84. The van der Waals surface area contributed by atoms with Crippen LogP contribution in [-0.4, -0.2) is 37.7 Å². The van der Waals surface area contributed by atoms with E-state index in [0.29, 0.717) is 23.8 Å². The van der Waals surface area contributed by atoms with E-state index in [2.05, 4.69) is 29.0 Å².